The lowest BCUT2D eigenvalue weighted by molar-refractivity contribution is -0.141. The van der Waals surface area contributed by atoms with Crippen LogP contribution in [0.25, 0.3) is 0 Å². The van der Waals surface area contributed by atoms with E-state index in [1.54, 1.807) is 0 Å². The Bertz CT molecular complexity index is 632. The zero-order chi connectivity index (χ0) is 20.6. The summed E-state index contributed by atoms with van der Waals surface area (Å²) in [5, 5.41) is 6.09. The standard InChI is InChI=1S/C18H30F3N7.HI/c1-4-22-17(28-11-9-27(10-12-28)13-14(2)3)25-8-7-24-16-23-6-5-15(26-16)18(19,20)21;/h5-6,14H,4,7-13H2,1-3H3,(H,22,25)(H,23,24,26);1H. The van der Waals surface area contributed by atoms with Crippen LogP contribution in [0.1, 0.15) is 26.5 Å². The van der Waals surface area contributed by atoms with Crippen LogP contribution in [0.5, 0.6) is 0 Å². The lowest BCUT2D eigenvalue weighted by Crippen LogP contribution is -2.53. The van der Waals surface area contributed by atoms with Crippen LogP contribution in [0.3, 0.4) is 0 Å². The largest absolute Gasteiger partial charge is 0.433 e. The fraction of sp³-hybridized carbons (Fsp3) is 0.722. The molecule has 0 bridgehead atoms. The van der Waals surface area contributed by atoms with E-state index in [0.29, 0.717) is 19.0 Å². The number of guanidine groups is 1. The lowest BCUT2D eigenvalue weighted by Gasteiger charge is -2.37. The van der Waals surface area contributed by atoms with Crippen molar-refractivity contribution in [3.63, 3.8) is 0 Å². The van der Waals surface area contributed by atoms with Gasteiger partial charge in [0, 0.05) is 52.0 Å². The van der Waals surface area contributed by atoms with Gasteiger partial charge in [-0.1, -0.05) is 13.8 Å². The number of hydrogen-bond acceptors (Lipinski definition) is 5. The summed E-state index contributed by atoms with van der Waals surface area (Å²) < 4.78 is 38.1. The molecule has 1 aromatic heterocycles. The third-order valence-corrected chi connectivity index (χ3v) is 4.23. The Kier molecular flexibility index (Phi) is 10.9. The van der Waals surface area contributed by atoms with Crippen LogP contribution in [0.2, 0.25) is 0 Å². The van der Waals surface area contributed by atoms with Gasteiger partial charge in [-0.15, -0.1) is 24.0 Å². The van der Waals surface area contributed by atoms with E-state index in [1.807, 2.05) is 6.92 Å². The maximum atomic E-state index is 12.7. The van der Waals surface area contributed by atoms with Crippen molar-refractivity contribution in [2.24, 2.45) is 10.9 Å². The van der Waals surface area contributed by atoms with Crippen molar-refractivity contribution in [1.82, 2.24) is 25.1 Å². The van der Waals surface area contributed by atoms with E-state index in [4.69, 9.17) is 0 Å². The minimum absolute atomic E-state index is 0. The van der Waals surface area contributed by atoms with E-state index in [9.17, 15) is 13.2 Å². The summed E-state index contributed by atoms with van der Waals surface area (Å²) in [6.45, 7) is 12.9. The summed E-state index contributed by atoms with van der Waals surface area (Å²) in [6, 6.07) is 0.853. The minimum atomic E-state index is -4.48. The van der Waals surface area contributed by atoms with Crippen LogP contribution in [0.15, 0.2) is 17.3 Å². The Morgan fingerprint density at radius 3 is 2.52 bits per heavy atom. The second-order valence-electron chi connectivity index (χ2n) is 7.11. The molecule has 0 unspecified atom stereocenters. The van der Waals surface area contributed by atoms with Crippen LogP contribution < -0.4 is 10.6 Å². The summed E-state index contributed by atoms with van der Waals surface area (Å²) in [7, 11) is 0. The molecular formula is C18H31F3IN7. The van der Waals surface area contributed by atoms with E-state index in [-0.39, 0.29) is 29.9 Å². The number of hydrogen-bond donors (Lipinski definition) is 2. The molecule has 29 heavy (non-hydrogen) atoms. The summed E-state index contributed by atoms with van der Waals surface area (Å²) in [4.78, 5) is 16.6. The highest BCUT2D eigenvalue weighted by Gasteiger charge is 2.32. The molecular weight excluding hydrogens is 498 g/mol. The van der Waals surface area contributed by atoms with Crippen LogP contribution in [0.4, 0.5) is 19.1 Å². The first-order valence-corrected chi connectivity index (χ1v) is 9.69. The van der Waals surface area contributed by atoms with Gasteiger partial charge in [-0.05, 0) is 18.9 Å². The quantitative estimate of drug-likeness (QED) is 0.245. The Morgan fingerprint density at radius 2 is 1.93 bits per heavy atom. The van der Waals surface area contributed by atoms with Crippen LogP contribution in [0, 0.1) is 5.92 Å². The Hall–Kier alpha value is -1.37. The molecule has 1 aliphatic heterocycles. The average molecular weight is 529 g/mol. The van der Waals surface area contributed by atoms with Gasteiger partial charge in [0.2, 0.25) is 5.95 Å². The number of nitrogens with zero attached hydrogens (tertiary/aromatic N) is 5. The van der Waals surface area contributed by atoms with Crippen LogP contribution in [-0.4, -0.2) is 78.1 Å². The van der Waals surface area contributed by atoms with Gasteiger partial charge in [0.05, 0.1) is 6.54 Å². The molecule has 166 valence electrons. The molecule has 11 heteroatoms. The fourth-order valence-corrected chi connectivity index (χ4v) is 3.02. The van der Waals surface area contributed by atoms with Gasteiger partial charge in [-0.2, -0.15) is 13.2 Å². The number of anilines is 1. The molecule has 2 N–H and O–H groups in total. The molecule has 0 spiro atoms. The molecule has 2 heterocycles. The third kappa shape index (κ3) is 8.89. The predicted molar refractivity (Wildman–Crippen MR) is 120 cm³/mol. The molecule has 0 aromatic carbocycles. The van der Waals surface area contributed by atoms with E-state index >= 15 is 0 Å². The molecule has 1 saturated heterocycles. The highest BCUT2D eigenvalue weighted by atomic mass is 127. The van der Waals surface area contributed by atoms with Crippen molar-refractivity contribution in [2.75, 3.05) is 57.7 Å². The molecule has 1 aromatic rings. The number of aromatic nitrogens is 2. The molecule has 0 radical (unpaired) electrons. The first kappa shape index (κ1) is 25.7. The van der Waals surface area contributed by atoms with Crippen molar-refractivity contribution >= 4 is 35.9 Å². The highest BCUT2D eigenvalue weighted by molar-refractivity contribution is 14.0. The van der Waals surface area contributed by atoms with E-state index in [0.717, 1.165) is 57.5 Å². The number of nitrogens with one attached hydrogen (secondary N) is 2. The van der Waals surface area contributed by atoms with Gasteiger partial charge >= 0.3 is 6.18 Å². The lowest BCUT2D eigenvalue weighted by atomic mass is 10.2. The van der Waals surface area contributed by atoms with Crippen LogP contribution in [-0.2, 0) is 6.18 Å². The topological polar surface area (TPSA) is 68.7 Å². The van der Waals surface area contributed by atoms with Crippen LogP contribution >= 0.6 is 24.0 Å². The van der Waals surface area contributed by atoms with E-state index in [1.165, 1.54) is 0 Å². The molecule has 7 nitrogen and oxygen atoms in total. The molecule has 0 saturated carbocycles. The van der Waals surface area contributed by atoms with Gasteiger partial charge in [0.1, 0.15) is 5.69 Å². The van der Waals surface area contributed by atoms with Crippen molar-refractivity contribution in [3.05, 3.63) is 18.0 Å². The molecule has 0 aliphatic carbocycles. The van der Waals surface area contributed by atoms with Gasteiger partial charge in [-0.3, -0.25) is 9.89 Å². The molecule has 0 amide bonds. The number of aliphatic imine (C=N–C) groups is 1. The number of alkyl halides is 3. The Labute approximate surface area is 187 Å². The maximum Gasteiger partial charge on any atom is 0.433 e. The smallest absolute Gasteiger partial charge is 0.357 e. The van der Waals surface area contributed by atoms with Crippen molar-refractivity contribution < 1.29 is 13.2 Å². The number of piperazine rings is 1. The Balaban J connectivity index is 0.00000420. The average Bonchev–Trinajstić information content (AvgIpc) is 2.64. The second-order valence-corrected chi connectivity index (χ2v) is 7.11. The molecule has 1 fully saturated rings. The van der Waals surface area contributed by atoms with Gasteiger partial charge < -0.3 is 15.5 Å². The summed E-state index contributed by atoms with van der Waals surface area (Å²) in [5.74, 6) is 1.44. The second kappa shape index (κ2) is 12.4. The molecule has 1 aliphatic rings. The third-order valence-electron chi connectivity index (χ3n) is 4.23. The summed E-state index contributed by atoms with van der Waals surface area (Å²) in [6.07, 6.45) is -3.38. The normalized spacial score (nSPS) is 16.0. The van der Waals surface area contributed by atoms with E-state index in [2.05, 4.69) is 49.2 Å². The highest BCUT2D eigenvalue weighted by Crippen LogP contribution is 2.27. The van der Waals surface area contributed by atoms with Crippen molar-refractivity contribution in [2.45, 2.75) is 26.9 Å². The molecule has 0 atom stereocenters. The zero-order valence-corrected chi connectivity index (χ0v) is 19.5. The first-order valence-electron chi connectivity index (χ1n) is 9.69. The van der Waals surface area contributed by atoms with Gasteiger partial charge in [0.15, 0.2) is 5.96 Å². The Morgan fingerprint density at radius 1 is 1.24 bits per heavy atom. The number of halogens is 4. The molecule has 2 rings (SSSR count). The van der Waals surface area contributed by atoms with Crippen molar-refractivity contribution in [3.8, 4) is 0 Å². The monoisotopic (exact) mass is 529 g/mol. The minimum Gasteiger partial charge on any atom is -0.357 e. The maximum absolute atomic E-state index is 12.7. The number of rotatable bonds is 7. The van der Waals surface area contributed by atoms with E-state index < -0.39 is 11.9 Å². The predicted octanol–water partition coefficient (Wildman–Crippen LogP) is 2.76. The fourth-order valence-electron chi connectivity index (χ4n) is 3.02. The SMILES string of the molecule is CCNC(=NCCNc1nccc(C(F)(F)F)n1)N1CCN(CC(C)C)CC1.I. The van der Waals surface area contributed by atoms with Gasteiger partial charge in [-0.25, -0.2) is 9.97 Å². The van der Waals surface area contributed by atoms with Crippen molar-refractivity contribution in [1.29, 1.82) is 0 Å². The summed E-state index contributed by atoms with van der Waals surface area (Å²) in [5.41, 5.74) is -0.957. The summed E-state index contributed by atoms with van der Waals surface area (Å²) >= 11 is 0. The zero-order valence-electron chi connectivity index (χ0n) is 17.2. The van der Waals surface area contributed by atoms with Gasteiger partial charge in [0.25, 0.3) is 0 Å². The first-order chi connectivity index (χ1) is 13.3.